The molecule has 20 heavy (non-hydrogen) atoms. The molecule has 102 valence electrons. The Hall–Kier alpha value is -2.54. The summed E-state index contributed by atoms with van der Waals surface area (Å²) in [4.78, 5) is 19.3. The zero-order valence-corrected chi connectivity index (χ0v) is 11.5. The molecule has 0 aliphatic carbocycles. The van der Waals surface area contributed by atoms with Gasteiger partial charge in [0, 0.05) is 13.1 Å². The Morgan fingerprint density at radius 2 is 2.10 bits per heavy atom. The first kappa shape index (κ1) is 13.9. The maximum atomic E-state index is 11.1. The fraction of sp³-hybridized carbons (Fsp3) is 0.0769. The third kappa shape index (κ3) is 3.48. The van der Waals surface area contributed by atoms with Gasteiger partial charge in [-0.2, -0.15) is 4.98 Å². The molecule has 0 unspecified atom stereocenters. The van der Waals surface area contributed by atoms with E-state index in [-0.39, 0.29) is 16.9 Å². The van der Waals surface area contributed by atoms with Crippen LogP contribution in [-0.2, 0) is 4.79 Å². The van der Waals surface area contributed by atoms with Crippen LogP contribution >= 0.6 is 12.2 Å². The normalized spacial score (nSPS) is 9.85. The lowest BCUT2D eigenvalue weighted by molar-refractivity contribution is -0.114. The first-order valence-electron chi connectivity index (χ1n) is 5.73. The molecule has 0 saturated heterocycles. The van der Waals surface area contributed by atoms with Crippen molar-refractivity contribution in [3.05, 3.63) is 42.2 Å². The molecule has 0 radical (unpaired) electrons. The zero-order chi connectivity index (χ0) is 14.5. The fourth-order valence-electron chi connectivity index (χ4n) is 1.47. The van der Waals surface area contributed by atoms with Crippen molar-refractivity contribution in [2.24, 2.45) is 5.73 Å². The fourth-order valence-corrected chi connectivity index (χ4v) is 1.59. The third-order valence-electron chi connectivity index (χ3n) is 2.28. The van der Waals surface area contributed by atoms with Gasteiger partial charge in [0.1, 0.15) is 10.7 Å². The lowest BCUT2D eigenvalue weighted by atomic mass is 10.3. The van der Waals surface area contributed by atoms with E-state index in [1.54, 1.807) is 30.3 Å². The molecule has 1 heterocycles. The van der Waals surface area contributed by atoms with E-state index in [0.717, 1.165) is 0 Å². The molecule has 0 spiro atoms. The minimum absolute atomic E-state index is 0.105. The van der Waals surface area contributed by atoms with Gasteiger partial charge in [-0.3, -0.25) is 4.79 Å². The molecule has 0 fully saturated rings. The van der Waals surface area contributed by atoms with E-state index in [1.165, 1.54) is 13.1 Å². The largest absolute Gasteiger partial charge is 0.422 e. The van der Waals surface area contributed by atoms with E-state index in [2.05, 4.69) is 15.3 Å². The first-order chi connectivity index (χ1) is 9.56. The highest BCUT2D eigenvalue weighted by Crippen LogP contribution is 2.27. The molecule has 1 amide bonds. The van der Waals surface area contributed by atoms with Crippen LogP contribution in [0.3, 0.4) is 0 Å². The molecule has 0 aliphatic rings. The number of benzene rings is 1. The van der Waals surface area contributed by atoms with Gasteiger partial charge in [0.15, 0.2) is 5.75 Å². The molecule has 0 saturated carbocycles. The highest BCUT2D eigenvalue weighted by atomic mass is 32.1. The Kier molecular flexibility index (Phi) is 4.21. The van der Waals surface area contributed by atoms with Gasteiger partial charge < -0.3 is 15.8 Å². The first-order valence-corrected chi connectivity index (χ1v) is 6.14. The Balaban J connectivity index is 2.28. The molecule has 1 aromatic heterocycles. The van der Waals surface area contributed by atoms with Crippen molar-refractivity contribution in [3.8, 4) is 11.8 Å². The summed E-state index contributed by atoms with van der Waals surface area (Å²) in [5.41, 5.74) is 6.45. The van der Waals surface area contributed by atoms with Crippen molar-refractivity contribution in [2.45, 2.75) is 6.92 Å². The summed E-state index contributed by atoms with van der Waals surface area (Å²) in [6.45, 7) is 1.42. The molecule has 3 N–H and O–H groups in total. The number of rotatable bonds is 4. The van der Waals surface area contributed by atoms with Crippen LogP contribution < -0.4 is 15.8 Å². The number of hydrogen-bond donors (Lipinski definition) is 2. The monoisotopic (exact) mass is 288 g/mol. The van der Waals surface area contributed by atoms with E-state index in [1.807, 2.05) is 0 Å². The number of nitrogens with two attached hydrogens (primary N) is 1. The highest BCUT2D eigenvalue weighted by molar-refractivity contribution is 7.80. The average Bonchev–Trinajstić information content (AvgIpc) is 2.41. The van der Waals surface area contributed by atoms with Crippen molar-refractivity contribution < 1.29 is 9.53 Å². The van der Waals surface area contributed by atoms with Gasteiger partial charge in [0.05, 0.1) is 5.69 Å². The minimum Gasteiger partial charge on any atom is -0.422 e. The number of thiocarbonyl (C=S) groups is 1. The molecule has 6 nitrogen and oxygen atoms in total. The number of anilines is 1. The summed E-state index contributed by atoms with van der Waals surface area (Å²) < 4.78 is 5.55. The number of carbonyl (C=O) groups excluding carboxylic acids is 1. The number of nitrogens with zero attached hydrogens (tertiary/aromatic N) is 2. The van der Waals surface area contributed by atoms with E-state index in [0.29, 0.717) is 17.1 Å². The van der Waals surface area contributed by atoms with Crippen molar-refractivity contribution in [2.75, 3.05) is 5.32 Å². The SMILES string of the molecule is CC(=O)Nc1ccccc1Oc1nccc(C(N)=S)n1. The summed E-state index contributed by atoms with van der Waals surface area (Å²) in [5, 5.41) is 2.66. The summed E-state index contributed by atoms with van der Waals surface area (Å²) in [7, 11) is 0. The number of para-hydroxylation sites is 2. The average molecular weight is 288 g/mol. The molecule has 7 heteroatoms. The molecule has 0 aliphatic heterocycles. The summed E-state index contributed by atoms with van der Waals surface area (Å²) in [6.07, 6.45) is 1.50. The molecule has 0 atom stereocenters. The lowest BCUT2D eigenvalue weighted by Gasteiger charge is -2.10. The topological polar surface area (TPSA) is 90.1 Å². The van der Waals surface area contributed by atoms with Gasteiger partial charge in [0.25, 0.3) is 0 Å². The summed E-state index contributed by atoms with van der Waals surface area (Å²) in [6, 6.07) is 8.67. The molecular formula is C13H12N4O2S. The Morgan fingerprint density at radius 3 is 2.80 bits per heavy atom. The molecule has 2 aromatic rings. The Morgan fingerprint density at radius 1 is 1.35 bits per heavy atom. The Labute approximate surface area is 121 Å². The maximum Gasteiger partial charge on any atom is 0.322 e. The van der Waals surface area contributed by atoms with Crippen LogP contribution in [0.2, 0.25) is 0 Å². The predicted octanol–water partition coefficient (Wildman–Crippen LogP) is 1.86. The second-order valence-electron chi connectivity index (χ2n) is 3.87. The highest BCUT2D eigenvalue weighted by Gasteiger charge is 2.08. The van der Waals surface area contributed by atoms with Crippen LogP contribution in [0.1, 0.15) is 12.6 Å². The van der Waals surface area contributed by atoms with Gasteiger partial charge in [-0.25, -0.2) is 4.98 Å². The number of ether oxygens (including phenoxy) is 1. The standard InChI is InChI=1S/C13H12N4O2S/c1-8(18)16-9-4-2-3-5-11(9)19-13-15-7-6-10(17-13)12(14)20/h2-7H,1H3,(H2,14,20)(H,16,18). The van der Waals surface area contributed by atoms with E-state index < -0.39 is 0 Å². The van der Waals surface area contributed by atoms with Crippen LogP contribution in [0.5, 0.6) is 11.8 Å². The van der Waals surface area contributed by atoms with Crippen molar-refractivity contribution in [1.29, 1.82) is 0 Å². The van der Waals surface area contributed by atoms with E-state index in [9.17, 15) is 4.79 Å². The van der Waals surface area contributed by atoms with Crippen molar-refractivity contribution >= 4 is 28.8 Å². The molecule has 2 rings (SSSR count). The van der Waals surface area contributed by atoms with Gasteiger partial charge in [-0.15, -0.1) is 0 Å². The van der Waals surface area contributed by atoms with E-state index >= 15 is 0 Å². The summed E-state index contributed by atoms with van der Waals surface area (Å²) >= 11 is 4.84. The second kappa shape index (κ2) is 6.07. The number of aromatic nitrogens is 2. The molecule has 1 aromatic carbocycles. The van der Waals surface area contributed by atoms with Crippen molar-refractivity contribution in [1.82, 2.24) is 9.97 Å². The lowest BCUT2D eigenvalue weighted by Crippen LogP contribution is -2.12. The number of nitrogens with one attached hydrogen (secondary N) is 1. The van der Waals surface area contributed by atoms with Crippen LogP contribution in [0.25, 0.3) is 0 Å². The summed E-state index contributed by atoms with van der Waals surface area (Å²) in [5.74, 6) is 0.238. The van der Waals surface area contributed by atoms with Crippen LogP contribution in [0.4, 0.5) is 5.69 Å². The third-order valence-corrected chi connectivity index (χ3v) is 2.49. The van der Waals surface area contributed by atoms with Gasteiger partial charge >= 0.3 is 6.01 Å². The zero-order valence-electron chi connectivity index (χ0n) is 10.7. The number of amides is 1. The number of hydrogen-bond acceptors (Lipinski definition) is 5. The quantitative estimate of drug-likeness (QED) is 0.835. The van der Waals surface area contributed by atoms with Crippen LogP contribution in [-0.4, -0.2) is 20.9 Å². The van der Waals surface area contributed by atoms with Gasteiger partial charge in [-0.1, -0.05) is 24.4 Å². The second-order valence-corrected chi connectivity index (χ2v) is 4.31. The van der Waals surface area contributed by atoms with Crippen LogP contribution in [0, 0.1) is 0 Å². The van der Waals surface area contributed by atoms with Gasteiger partial charge in [-0.05, 0) is 18.2 Å². The van der Waals surface area contributed by atoms with Crippen molar-refractivity contribution in [3.63, 3.8) is 0 Å². The number of carbonyl (C=O) groups is 1. The molecule has 0 bridgehead atoms. The molecular weight excluding hydrogens is 276 g/mol. The van der Waals surface area contributed by atoms with E-state index in [4.69, 9.17) is 22.7 Å². The Bertz CT molecular complexity index is 660. The smallest absolute Gasteiger partial charge is 0.322 e. The van der Waals surface area contributed by atoms with Gasteiger partial charge in [0.2, 0.25) is 5.91 Å². The maximum absolute atomic E-state index is 11.1. The van der Waals surface area contributed by atoms with Crippen LogP contribution in [0.15, 0.2) is 36.5 Å². The predicted molar refractivity (Wildman–Crippen MR) is 78.7 cm³/mol. The minimum atomic E-state index is -0.196.